The highest BCUT2D eigenvalue weighted by Crippen LogP contribution is 2.28. The number of ether oxygens (including phenoxy) is 1. The Hall–Kier alpha value is -2.47. The summed E-state index contributed by atoms with van der Waals surface area (Å²) in [4.78, 5) is 13.3. The Labute approximate surface area is 207 Å². The smallest absolute Gasteiger partial charge is 0.259 e. The fourth-order valence-electron chi connectivity index (χ4n) is 4.44. The van der Waals surface area contributed by atoms with Gasteiger partial charge in [-0.05, 0) is 68.1 Å². The number of piperidine rings is 2. The van der Waals surface area contributed by atoms with E-state index in [1.54, 1.807) is 0 Å². The van der Waals surface area contributed by atoms with E-state index in [2.05, 4.69) is 5.32 Å². The highest BCUT2D eigenvalue weighted by atomic mass is 32.2. The van der Waals surface area contributed by atoms with Gasteiger partial charge in [-0.15, -0.1) is 0 Å². The third-order valence-corrected chi connectivity index (χ3v) is 10.2. The molecule has 0 atom stereocenters. The first kappa shape index (κ1) is 25.6. The van der Waals surface area contributed by atoms with Crippen LogP contribution in [0, 0.1) is 0 Å². The van der Waals surface area contributed by atoms with Gasteiger partial charge in [-0.2, -0.15) is 8.61 Å². The Balaban J connectivity index is 1.54. The molecule has 1 N–H and O–H groups in total. The number of nitrogens with zero attached hydrogens (tertiary/aromatic N) is 2. The predicted octanol–water partition coefficient (Wildman–Crippen LogP) is 3.30. The number of benzene rings is 2. The van der Waals surface area contributed by atoms with Crippen LogP contribution in [0.2, 0.25) is 0 Å². The van der Waals surface area contributed by atoms with Gasteiger partial charge in [-0.25, -0.2) is 16.8 Å². The van der Waals surface area contributed by atoms with E-state index in [0.29, 0.717) is 31.9 Å². The molecule has 9 nitrogen and oxygen atoms in total. The minimum atomic E-state index is -3.72. The third-order valence-electron chi connectivity index (χ3n) is 6.43. The van der Waals surface area contributed by atoms with Crippen LogP contribution in [0.15, 0.2) is 52.3 Å². The van der Waals surface area contributed by atoms with Gasteiger partial charge in [0.1, 0.15) is 5.75 Å². The summed E-state index contributed by atoms with van der Waals surface area (Å²) >= 11 is 0. The van der Waals surface area contributed by atoms with Crippen LogP contribution in [-0.2, 0) is 20.0 Å². The highest BCUT2D eigenvalue weighted by molar-refractivity contribution is 7.89. The zero-order chi connectivity index (χ0) is 25.1. The number of hydrogen-bond donors (Lipinski definition) is 1. The zero-order valence-corrected chi connectivity index (χ0v) is 21.4. The molecule has 35 heavy (non-hydrogen) atoms. The van der Waals surface area contributed by atoms with Crippen LogP contribution in [0.4, 0.5) is 5.69 Å². The molecule has 0 aliphatic carbocycles. The first-order chi connectivity index (χ1) is 16.7. The predicted molar refractivity (Wildman–Crippen MR) is 133 cm³/mol. The third kappa shape index (κ3) is 5.53. The molecule has 0 spiro atoms. The van der Waals surface area contributed by atoms with Gasteiger partial charge in [-0.3, -0.25) is 4.79 Å². The molecule has 0 bridgehead atoms. The summed E-state index contributed by atoms with van der Waals surface area (Å²) < 4.78 is 60.1. The molecule has 2 heterocycles. The monoisotopic (exact) mass is 521 g/mol. The highest BCUT2D eigenvalue weighted by Gasteiger charge is 2.28. The van der Waals surface area contributed by atoms with Gasteiger partial charge in [0.25, 0.3) is 5.91 Å². The number of rotatable bonds is 7. The van der Waals surface area contributed by atoms with Crippen molar-refractivity contribution in [1.29, 1.82) is 0 Å². The summed E-state index contributed by atoms with van der Waals surface area (Å²) in [7, 11) is -5.89. The maximum absolute atomic E-state index is 13.1. The summed E-state index contributed by atoms with van der Waals surface area (Å²) in [5.74, 6) is -0.312. The van der Waals surface area contributed by atoms with Crippen LogP contribution in [0.25, 0.3) is 0 Å². The fourth-order valence-corrected chi connectivity index (χ4v) is 7.50. The van der Waals surface area contributed by atoms with Crippen molar-refractivity contribution in [3.63, 3.8) is 0 Å². The van der Waals surface area contributed by atoms with Crippen molar-refractivity contribution < 1.29 is 26.4 Å². The van der Waals surface area contributed by atoms with E-state index in [9.17, 15) is 21.6 Å². The molecular weight excluding hydrogens is 490 g/mol. The van der Waals surface area contributed by atoms with Gasteiger partial charge in [0.05, 0.1) is 22.5 Å². The van der Waals surface area contributed by atoms with Crippen LogP contribution < -0.4 is 10.1 Å². The van der Waals surface area contributed by atoms with Gasteiger partial charge >= 0.3 is 0 Å². The van der Waals surface area contributed by atoms with E-state index in [0.717, 1.165) is 38.5 Å². The Morgan fingerprint density at radius 1 is 0.743 bits per heavy atom. The first-order valence-electron chi connectivity index (χ1n) is 11.8. The number of carbonyl (C=O) groups excluding carboxylic acids is 1. The quantitative estimate of drug-likeness (QED) is 0.598. The minimum Gasteiger partial charge on any atom is -0.496 e. The molecule has 0 saturated carbocycles. The lowest BCUT2D eigenvalue weighted by Crippen LogP contribution is -2.35. The standard InChI is InChI=1S/C24H31N3O6S2/c1-33-23-13-12-21(35(31,32)27-16-6-3-7-17-27)18-22(23)24(28)25-19-8-10-20(11-9-19)34(29,30)26-14-4-2-5-15-26/h8-13,18H,2-7,14-17H2,1H3,(H,25,28). The molecular formula is C24H31N3O6S2. The van der Waals surface area contributed by atoms with Crippen molar-refractivity contribution in [1.82, 2.24) is 8.61 Å². The molecule has 2 fully saturated rings. The summed E-state index contributed by atoms with van der Waals surface area (Å²) in [6.07, 6.45) is 5.35. The van der Waals surface area contributed by atoms with Crippen molar-refractivity contribution in [3.8, 4) is 5.75 Å². The summed E-state index contributed by atoms with van der Waals surface area (Å²) in [5.41, 5.74) is 0.467. The summed E-state index contributed by atoms with van der Waals surface area (Å²) in [6.45, 7) is 1.94. The number of carbonyl (C=O) groups is 1. The van der Waals surface area contributed by atoms with E-state index in [-0.39, 0.29) is 21.1 Å². The lowest BCUT2D eigenvalue weighted by Gasteiger charge is -2.26. The van der Waals surface area contributed by atoms with Crippen molar-refractivity contribution >= 4 is 31.6 Å². The van der Waals surface area contributed by atoms with Gasteiger partial charge in [0.15, 0.2) is 0 Å². The van der Waals surface area contributed by atoms with Crippen LogP contribution in [0.1, 0.15) is 48.9 Å². The van der Waals surface area contributed by atoms with Gasteiger partial charge < -0.3 is 10.1 Å². The van der Waals surface area contributed by atoms with Gasteiger partial charge in [-0.1, -0.05) is 12.8 Å². The van der Waals surface area contributed by atoms with Crippen molar-refractivity contribution in [2.24, 2.45) is 0 Å². The number of sulfonamides is 2. The second-order valence-electron chi connectivity index (χ2n) is 8.77. The van der Waals surface area contributed by atoms with Crippen molar-refractivity contribution in [2.75, 3.05) is 38.6 Å². The number of nitrogens with one attached hydrogen (secondary N) is 1. The first-order valence-corrected chi connectivity index (χ1v) is 14.7. The number of anilines is 1. The average Bonchev–Trinajstić information content (AvgIpc) is 2.89. The lowest BCUT2D eigenvalue weighted by molar-refractivity contribution is 0.102. The Morgan fingerprint density at radius 3 is 1.74 bits per heavy atom. The Morgan fingerprint density at radius 2 is 1.23 bits per heavy atom. The maximum atomic E-state index is 13.1. The molecule has 2 aliphatic heterocycles. The van der Waals surface area contributed by atoms with Crippen LogP contribution in [0.3, 0.4) is 0 Å². The van der Waals surface area contributed by atoms with E-state index in [1.165, 1.54) is 58.2 Å². The summed E-state index contributed by atoms with van der Waals surface area (Å²) in [5, 5.41) is 2.71. The van der Waals surface area contributed by atoms with E-state index in [4.69, 9.17) is 4.74 Å². The van der Waals surface area contributed by atoms with Crippen molar-refractivity contribution in [3.05, 3.63) is 48.0 Å². The molecule has 2 aromatic rings. The molecule has 0 aromatic heterocycles. The van der Waals surface area contributed by atoms with E-state index < -0.39 is 26.0 Å². The summed E-state index contributed by atoms with van der Waals surface area (Å²) in [6, 6.07) is 10.2. The number of amides is 1. The number of methoxy groups -OCH3 is 1. The van der Waals surface area contributed by atoms with Crippen LogP contribution in [0.5, 0.6) is 5.75 Å². The molecule has 4 rings (SSSR count). The van der Waals surface area contributed by atoms with Crippen LogP contribution in [-0.4, -0.2) is 64.6 Å². The molecule has 2 aliphatic rings. The Bertz CT molecular complexity index is 1260. The number of hydrogen-bond acceptors (Lipinski definition) is 6. The molecule has 190 valence electrons. The molecule has 1 amide bonds. The molecule has 2 saturated heterocycles. The van der Waals surface area contributed by atoms with E-state index in [1.807, 2.05) is 0 Å². The maximum Gasteiger partial charge on any atom is 0.259 e. The van der Waals surface area contributed by atoms with Crippen LogP contribution >= 0.6 is 0 Å². The van der Waals surface area contributed by atoms with Crippen molar-refractivity contribution in [2.45, 2.75) is 48.3 Å². The largest absolute Gasteiger partial charge is 0.496 e. The molecule has 0 unspecified atom stereocenters. The molecule has 11 heteroatoms. The Kier molecular flexibility index (Phi) is 7.80. The second kappa shape index (κ2) is 10.7. The minimum absolute atomic E-state index is 0.0355. The van der Waals surface area contributed by atoms with Gasteiger partial charge in [0, 0.05) is 31.9 Å². The van der Waals surface area contributed by atoms with E-state index >= 15 is 0 Å². The average molecular weight is 522 g/mol. The lowest BCUT2D eigenvalue weighted by atomic mass is 10.2. The normalized spacial score (nSPS) is 18.2. The fraction of sp³-hybridized carbons (Fsp3) is 0.458. The molecule has 2 aromatic carbocycles. The van der Waals surface area contributed by atoms with Gasteiger partial charge in [0.2, 0.25) is 20.0 Å². The zero-order valence-electron chi connectivity index (χ0n) is 19.8. The molecule has 0 radical (unpaired) electrons. The second-order valence-corrected chi connectivity index (χ2v) is 12.6. The SMILES string of the molecule is COc1ccc(S(=O)(=O)N2CCCCC2)cc1C(=O)Nc1ccc(S(=O)(=O)N2CCCCC2)cc1. The topological polar surface area (TPSA) is 113 Å².